The van der Waals surface area contributed by atoms with Crippen LogP contribution in [-0.2, 0) is 16.2 Å². The van der Waals surface area contributed by atoms with Gasteiger partial charge in [0.25, 0.3) is 16.8 Å². The normalized spacial score (nSPS) is 14.2. The molecule has 0 unspecified atom stereocenters. The predicted octanol–water partition coefficient (Wildman–Crippen LogP) is 5.47. The minimum atomic E-state index is -0.539. The molecule has 9 nitrogen and oxygen atoms in total. The molecule has 0 bridgehead atoms. The molecule has 3 aromatic carbocycles. The van der Waals surface area contributed by atoms with Gasteiger partial charge in [0.15, 0.2) is 0 Å². The Bertz CT molecular complexity index is 1400. The van der Waals surface area contributed by atoms with Gasteiger partial charge in [-0.2, -0.15) is 0 Å². The standard InChI is InChI=1S/C27H23N3O6S/c1-17-10-18(2)12-21(11-17)28-25(31)15-29-26(32)24(37-27(29)33)14-20-4-3-5-23(13-20)36-16-19-6-8-22(9-7-19)30(34)35/h3-14H,15-16H2,1-2H3,(H,28,31)/b24-14+. The Morgan fingerprint density at radius 1 is 1.05 bits per heavy atom. The maximum absolute atomic E-state index is 12.8. The zero-order valence-corrected chi connectivity index (χ0v) is 20.9. The van der Waals surface area contributed by atoms with E-state index in [0.29, 0.717) is 17.0 Å². The summed E-state index contributed by atoms with van der Waals surface area (Å²) in [7, 11) is 0. The average Bonchev–Trinajstić information content (AvgIpc) is 3.09. The molecule has 0 radical (unpaired) electrons. The van der Waals surface area contributed by atoms with Crippen molar-refractivity contribution in [2.45, 2.75) is 20.5 Å². The molecule has 188 valence electrons. The molecule has 1 N–H and O–H groups in total. The molecule has 10 heteroatoms. The van der Waals surface area contributed by atoms with E-state index in [-0.39, 0.29) is 23.7 Å². The second kappa shape index (κ2) is 11.1. The number of amides is 3. The lowest BCUT2D eigenvalue weighted by Crippen LogP contribution is -2.36. The van der Waals surface area contributed by atoms with Gasteiger partial charge < -0.3 is 10.1 Å². The van der Waals surface area contributed by atoms with Gasteiger partial charge in [0.05, 0.1) is 9.83 Å². The van der Waals surface area contributed by atoms with Crippen molar-refractivity contribution >= 4 is 46.3 Å². The molecular formula is C27H23N3O6S. The molecule has 0 aliphatic carbocycles. The summed E-state index contributed by atoms with van der Waals surface area (Å²) >= 11 is 0.772. The lowest BCUT2D eigenvalue weighted by Gasteiger charge is -2.13. The largest absolute Gasteiger partial charge is 0.489 e. The first-order chi connectivity index (χ1) is 17.7. The van der Waals surface area contributed by atoms with Gasteiger partial charge in [-0.25, -0.2) is 0 Å². The number of aryl methyl sites for hydroxylation is 2. The number of anilines is 1. The number of hydrogen-bond donors (Lipinski definition) is 1. The van der Waals surface area contributed by atoms with Crippen molar-refractivity contribution in [2.24, 2.45) is 0 Å². The number of thioether (sulfide) groups is 1. The van der Waals surface area contributed by atoms with E-state index in [1.54, 1.807) is 42.5 Å². The number of nitrogens with one attached hydrogen (secondary N) is 1. The van der Waals surface area contributed by atoms with E-state index in [1.807, 2.05) is 32.0 Å². The zero-order valence-electron chi connectivity index (χ0n) is 20.1. The third-order valence-corrected chi connectivity index (χ3v) is 6.30. The van der Waals surface area contributed by atoms with E-state index in [1.165, 1.54) is 12.1 Å². The van der Waals surface area contributed by atoms with Crippen LogP contribution in [-0.4, -0.2) is 33.4 Å². The molecule has 3 amide bonds. The minimum Gasteiger partial charge on any atom is -0.489 e. The fourth-order valence-corrected chi connectivity index (χ4v) is 4.59. The summed E-state index contributed by atoms with van der Waals surface area (Å²) in [4.78, 5) is 49.2. The van der Waals surface area contributed by atoms with Gasteiger partial charge in [0.1, 0.15) is 18.9 Å². The Kier molecular flexibility index (Phi) is 7.69. The Labute approximate surface area is 217 Å². The molecular weight excluding hydrogens is 494 g/mol. The number of ether oxygens (including phenoxy) is 1. The second-order valence-electron chi connectivity index (χ2n) is 8.48. The van der Waals surface area contributed by atoms with Crippen molar-refractivity contribution in [1.82, 2.24) is 4.90 Å². The van der Waals surface area contributed by atoms with Crippen molar-refractivity contribution in [2.75, 3.05) is 11.9 Å². The third kappa shape index (κ3) is 6.62. The number of nitro groups is 1. The molecule has 0 spiro atoms. The predicted molar refractivity (Wildman–Crippen MR) is 141 cm³/mol. The summed E-state index contributed by atoms with van der Waals surface area (Å²) < 4.78 is 5.77. The fraction of sp³-hybridized carbons (Fsp3) is 0.148. The Morgan fingerprint density at radius 3 is 2.43 bits per heavy atom. The van der Waals surface area contributed by atoms with Crippen LogP contribution in [0.3, 0.4) is 0 Å². The summed E-state index contributed by atoms with van der Waals surface area (Å²) in [6, 6.07) is 18.6. The summed E-state index contributed by atoms with van der Waals surface area (Å²) in [5, 5.41) is 13.0. The number of nitro benzene ring substituents is 1. The first-order valence-corrected chi connectivity index (χ1v) is 12.1. The van der Waals surface area contributed by atoms with Crippen molar-refractivity contribution in [3.63, 3.8) is 0 Å². The van der Waals surface area contributed by atoms with E-state index in [0.717, 1.165) is 33.4 Å². The lowest BCUT2D eigenvalue weighted by molar-refractivity contribution is -0.384. The quantitative estimate of drug-likeness (QED) is 0.239. The number of carbonyl (C=O) groups is 3. The molecule has 0 atom stereocenters. The summed E-state index contributed by atoms with van der Waals surface area (Å²) in [6.07, 6.45) is 1.57. The van der Waals surface area contributed by atoms with E-state index in [4.69, 9.17) is 4.74 Å². The molecule has 37 heavy (non-hydrogen) atoms. The molecule has 4 rings (SSSR count). The summed E-state index contributed by atoms with van der Waals surface area (Å²) in [5.74, 6) is -0.475. The van der Waals surface area contributed by atoms with Crippen LogP contribution in [0.5, 0.6) is 5.75 Å². The van der Waals surface area contributed by atoms with Gasteiger partial charge >= 0.3 is 0 Å². The van der Waals surface area contributed by atoms with Crippen LogP contribution >= 0.6 is 11.8 Å². The maximum Gasteiger partial charge on any atom is 0.294 e. The van der Waals surface area contributed by atoms with E-state index >= 15 is 0 Å². The van der Waals surface area contributed by atoms with Gasteiger partial charge in [-0.3, -0.25) is 29.4 Å². The van der Waals surface area contributed by atoms with Crippen LogP contribution in [0.15, 0.2) is 71.6 Å². The fourth-order valence-electron chi connectivity index (χ4n) is 3.75. The molecule has 1 heterocycles. The Hall–Kier alpha value is -4.44. The van der Waals surface area contributed by atoms with Crippen LogP contribution in [0.4, 0.5) is 16.2 Å². The monoisotopic (exact) mass is 517 g/mol. The molecule has 0 saturated carbocycles. The molecule has 1 saturated heterocycles. The topological polar surface area (TPSA) is 119 Å². The zero-order chi connectivity index (χ0) is 26.5. The molecule has 3 aromatic rings. The van der Waals surface area contributed by atoms with Crippen LogP contribution < -0.4 is 10.1 Å². The maximum atomic E-state index is 12.8. The van der Waals surface area contributed by atoms with E-state index in [9.17, 15) is 24.5 Å². The number of imide groups is 1. The summed E-state index contributed by atoms with van der Waals surface area (Å²) in [5.41, 5.74) is 3.99. The number of hydrogen-bond acceptors (Lipinski definition) is 7. The van der Waals surface area contributed by atoms with Crippen LogP contribution in [0.2, 0.25) is 0 Å². The molecule has 1 aliphatic rings. The van der Waals surface area contributed by atoms with Crippen molar-refractivity contribution < 1.29 is 24.0 Å². The highest BCUT2D eigenvalue weighted by Crippen LogP contribution is 2.32. The first-order valence-electron chi connectivity index (χ1n) is 11.3. The van der Waals surface area contributed by atoms with Crippen molar-refractivity contribution in [3.05, 3.63) is 104 Å². The van der Waals surface area contributed by atoms with E-state index in [2.05, 4.69) is 5.32 Å². The Balaban J connectivity index is 1.39. The van der Waals surface area contributed by atoms with Crippen molar-refractivity contribution in [3.8, 4) is 5.75 Å². The third-order valence-electron chi connectivity index (χ3n) is 5.39. The smallest absolute Gasteiger partial charge is 0.294 e. The van der Waals surface area contributed by atoms with Gasteiger partial charge in [-0.05, 0) is 90.3 Å². The van der Waals surface area contributed by atoms with Gasteiger partial charge in [-0.1, -0.05) is 18.2 Å². The van der Waals surface area contributed by atoms with E-state index < -0.39 is 22.0 Å². The number of non-ortho nitro benzene ring substituents is 1. The highest BCUT2D eigenvalue weighted by molar-refractivity contribution is 8.18. The minimum absolute atomic E-state index is 0.00225. The van der Waals surface area contributed by atoms with Crippen molar-refractivity contribution in [1.29, 1.82) is 0 Å². The van der Waals surface area contributed by atoms with Gasteiger partial charge in [0, 0.05) is 17.8 Å². The van der Waals surface area contributed by atoms with Gasteiger partial charge in [0.2, 0.25) is 5.91 Å². The average molecular weight is 518 g/mol. The lowest BCUT2D eigenvalue weighted by atomic mass is 10.1. The van der Waals surface area contributed by atoms with Gasteiger partial charge in [-0.15, -0.1) is 0 Å². The summed E-state index contributed by atoms with van der Waals surface area (Å²) in [6.45, 7) is 3.65. The van der Waals surface area contributed by atoms with Crippen LogP contribution in [0, 0.1) is 24.0 Å². The second-order valence-corrected chi connectivity index (χ2v) is 9.47. The van der Waals surface area contributed by atoms with Crippen LogP contribution in [0.1, 0.15) is 22.3 Å². The molecule has 1 aliphatic heterocycles. The molecule has 0 aromatic heterocycles. The van der Waals surface area contributed by atoms with Crippen LogP contribution in [0.25, 0.3) is 6.08 Å². The number of carbonyl (C=O) groups excluding carboxylic acids is 3. The highest BCUT2D eigenvalue weighted by atomic mass is 32.2. The number of benzene rings is 3. The molecule has 1 fully saturated rings. The highest BCUT2D eigenvalue weighted by Gasteiger charge is 2.36. The first kappa shape index (κ1) is 25.6. The number of rotatable bonds is 8. The SMILES string of the molecule is Cc1cc(C)cc(NC(=O)CN2C(=O)S/C(=C/c3cccc(OCc4ccc([N+](=O)[O-])cc4)c3)C2=O)c1. The number of nitrogens with zero attached hydrogens (tertiary/aromatic N) is 2. The Morgan fingerprint density at radius 2 is 1.76 bits per heavy atom.